The molecular weight excluding hydrogens is 352 g/mol. The minimum atomic E-state index is -0.352. The number of nitrogens with two attached hydrogens (primary N) is 1. The number of nitrogens with zero attached hydrogens (tertiary/aromatic N) is 3. The van der Waals surface area contributed by atoms with E-state index in [0.29, 0.717) is 22.3 Å². The molecule has 0 atom stereocenters. The largest absolute Gasteiger partial charge is 0.497 e. The first kappa shape index (κ1) is 17.8. The number of carbonyl (C=O) groups excluding carboxylic acids is 1. The highest BCUT2D eigenvalue weighted by Crippen LogP contribution is 2.25. The summed E-state index contributed by atoms with van der Waals surface area (Å²) in [5.74, 6) is 7.78. The first-order valence-electron chi connectivity index (χ1n) is 7.77. The summed E-state index contributed by atoms with van der Waals surface area (Å²) >= 11 is 1.47. The number of hydrogen-bond donors (Lipinski definition) is 1. The summed E-state index contributed by atoms with van der Waals surface area (Å²) in [4.78, 5) is 11.5. The van der Waals surface area contributed by atoms with Crippen molar-refractivity contribution < 1.29 is 14.3 Å². The Hall–Kier alpha value is -3.00. The molecule has 0 unspecified atom stereocenters. The molecule has 0 radical (unpaired) electrons. The van der Waals surface area contributed by atoms with Crippen molar-refractivity contribution in [3.63, 3.8) is 0 Å². The normalized spacial score (nSPS) is 10.5. The van der Waals surface area contributed by atoms with E-state index >= 15 is 0 Å². The maximum atomic E-state index is 11.5. The second-order valence-electron chi connectivity index (χ2n) is 5.38. The lowest BCUT2D eigenvalue weighted by atomic mass is 10.1. The van der Waals surface area contributed by atoms with Gasteiger partial charge in [0, 0.05) is 11.3 Å². The van der Waals surface area contributed by atoms with Crippen molar-refractivity contribution in [3.05, 3.63) is 59.7 Å². The summed E-state index contributed by atoms with van der Waals surface area (Å²) in [5, 5.41) is 8.93. The highest BCUT2D eigenvalue weighted by molar-refractivity contribution is 7.98. The lowest BCUT2D eigenvalue weighted by Gasteiger charge is -2.05. The second kappa shape index (κ2) is 7.92. The van der Waals surface area contributed by atoms with E-state index in [2.05, 4.69) is 10.2 Å². The molecule has 0 bridgehead atoms. The topological polar surface area (TPSA) is 92.3 Å². The van der Waals surface area contributed by atoms with E-state index in [1.807, 2.05) is 36.4 Å². The number of ether oxygens (including phenoxy) is 2. The Kier molecular flexibility index (Phi) is 5.43. The van der Waals surface area contributed by atoms with Crippen LogP contribution < -0.4 is 10.6 Å². The molecular formula is C18H18N4O3S. The monoisotopic (exact) mass is 370 g/mol. The first-order chi connectivity index (χ1) is 12.6. The molecule has 0 aliphatic carbocycles. The van der Waals surface area contributed by atoms with Crippen molar-refractivity contribution in [2.24, 2.45) is 0 Å². The van der Waals surface area contributed by atoms with Crippen molar-refractivity contribution in [1.29, 1.82) is 0 Å². The third-order valence-corrected chi connectivity index (χ3v) is 4.77. The zero-order chi connectivity index (χ0) is 18.5. The molecule has 2 aromatic carbocycles. The van der Waals surface area contributed by atoms with Gasteiger partial charge in [-0.05, 0) is 42.0 Å². The van der Waals surface area contributed by atoms with Crippen LogP contribution in [-0.2, 0) is 10.5 Å². The Morgan fingerprint density at radius 1 is 1.08 bits per heavy atom. The Morgan fingerprint density at radius 3 is 2.38 bits per heavy atom. The number of benzene rings is 2. The van der Waals surface area contributed by atoms with Crippen LogP contribution in [0.15, 0.2) is 53.7 Å². The van der Waals surface area contributed by atoms with Gasteiger partial charge in [-0.2, -0.15) is 0 Å². The average Bonchev–Trinajstić information content (AvgIpc) is 3.06. The van der Waals surface area contributed by atoms with E-state index in [0.717, 1.165) is 16.9 Å². The molecule has 8 heteroatoms. The van der Waals surface area contributed by atoms with Crippen LogP contribution in [0.3, 0.4) is 0 Å². The Balaban J connectivity index is 1.69. The maximum absolute atomic E-state index is 11.5. The van der Waals surface area contributed by atoms with Crippen molar-refractivity contribution in [2.45, 2.75) is 10.9 Å². The van der Waals surface area contributed by atoms with Gasteiger partial charge < -0.3 is 15.3 Å². The van der Waals surface area contributed by atoms with Crippen LogP contribution in [0, 0.1) is 0 Å². The molecule has 3 aromatic rings. The van der Waals surface area contributed by atoms with Crippen LogP contribution in [0.1, 0.15) is 15.9 Å². The summed E-state index contributed by atoms with van der Waals surface area (Å²) in [6, 6.07) is 14.7. The zero-order valence-electron chi connectivity index (χ0n) is 14.4. The summed E-state index contributed by atoms with van der Waals surface area (Å²) in [6.45, 7) is 0. The standard InChI is InChI=1S/C18H18N4O3S/c1-24-15-9-7-13(8-10-15)16-20-21-18(22(16)19)26-11-12-3-5-14(6-4-12)17(23)25-2/h3-10H,11,19H2,1-2H3. The van der Waals surface area contributed by atoms with Crippen LogP contribution in [0.25, 0.3) is 11.4 Å². The molecule has 1 aromatic heterocycles. The number of rotatable bonds is 6. The summed E-state index contributed by atoms with van der Waals surface area (Å²) < 4.78 is 11.3. The van der Waals surface area contributed by atoms with Crippen molar-refractivity contribution in [1.82, 2.24) is 14.9 Å². The number of hydrogen-bond acceptors (Lipinski definition) is 7. The highest BCUT2D eigenvalue weighted by atomic mass is 32.2. The van der Waals surface area contributed by atoms with Gasteiger partial charge in [-0.25, -0.2) is 9.47 Å². The van der Waals surface area contributed by atoms with Gasteiger partial charge in [-0.3, -0.25) is 0 Å². The van der Waals surface area contributed by atoms with Gasteiger partial charge in [0.25, 0.3) is 0 Å². The molecule has 3 rings (SSSR count). The predicted molar refractivity (Wildman–Crippen MR) is 99.5 cm³/mol. The Labute approximate surface area is 155 Å². The highest BCUT2D eigenvalue weighted by Gasteiger charge is 2.13. The number of nitrogen functional groups attached to an aromatic ring is 1. The van der Waals surface area contributed by atoms with Gasteiger partial charge in [0.05, 0.1) is 19.8 Å². The molecule has 0 saturated heterocycles. The third-order valence-electron chi connectivity index (χ3n) is 3.76. The molecule has 0 amide bonds. The number of esters is 1. The number of methoxy groups -OCH3 is 2. The quantitative estimate of drug-likeness (QED) is 0.405. The van der Waals surface area contributed by atoms with E-state index in [4.69, 9.17) is 15.3 Å². The average molecular weight is 370 g/mol. The predicted octanol–water partition coefficient (Wildman–Crippen LogP) is 2.75. The first-order valence-corrected chi connectivity index (χ1v) is 8.76. The van der Waals surface area contributed by atoms with Gasteiger partial charge in [-0.1, -0.05) is 23.9 Å². The van der Waals surface area contributed by atoms with Crippen molar-refractivity contribution in [3.8, 4) is 17.1 Å². The van der Waals surface area contributed by atoms with Crippen LogP contribution >= 0.6 is 11.8 Å². The van der Waals surface area contributed by atoms with Crippen LogP contribution in [-0.4, -0.2) is 35.1 Å². The van der Waals surface area contributed by atoms with Gasteiger partial charge >= 0.3 is 5.97 Å². The third kappa shape index (κ3) is 3.80. The van der Waals surface area contributed by atoms with E-state index in [-0.39, 0.29) is 5.97 Å². The molecule has 0 aliphatic heterocycles. The van der Waals surface area contributed by atoms with Gasteiger partial charge in [0.15, 0.2) is 5.82 Å². The van der Waals surface area contributed by atoms with Crippen molar-refractivity contribution >= 4 is 17.7 Å². The van der Waals surface area contributed by atoms with Crippen LogP contribution in [0.4, 0.5) is 0 Å². The fraction of sp³-hybridized carbons (Fsp3) is 0.167. The van der Waals surface area contributed by atoms with Gasteiger partial charge in [0.1, 0.15) is 5.75 Å². The lowest BCUT2D eigenvalue weighted by molar-refractivity contribution is 0.0600. The fourth-order valence-electron chi connectivity index (χ4n) is 2.32. The smallest absolute Gasteiger partial charge is 0.337 e. The van der Waals surface area contributed by atoms with E-state index in [9.17, 15) is 4.79 Å². The zero-order valence-corrected chi connectivity index (χ0v) is 15.2. The molecule has 0 fully saturated rings. The number of thioether (sulfide) groups is 1. The number of carbonyl (C=O) groups is 1. The van der Waals surface area contributed by atoms with E-state index < -0.39 is 0 Å². The summed E-state index contributed by atoms with van der Waals surface area (Å²) in [6.07, 6.45) is 0. The number of aromatic nitrogens is 3. The van der Waals surface area contributed by atoms with Crippen molar-refractivity contribution in [2.75, 3.05) is 20.1 Å². The Morgan fingerprint density at radius 2 is 1.77 bits per heavy atom. The maximum Gasteiger partial charge on any atom is 0.337 e. The van der Waals surface area contributed by atoms with E-state index in [1.54, 1.807) is 19.2 Å². The van der Waals surface area contributed by atoms with Gasteiger partial charge in [-0.15, -0.1) is 10.2 Å². The van der Waals surface area contributed by atoms with Crippen LogP contribution in [0.5, 0.6) is 5.75 Å². The Bertz CT molecular complexity index is 892. The molecule has 26 heavy (non-hydrogen) atoms. The van der Waals surface area contributed by atoms with Gasteiger partial charge in [0.2, 0.25) is 5.16 Å². The van der Waals surface area contributed by atoms with E-state index in [1.165, 1.54) is 23.5 Å². The fourth-order valence-corrected chi connectivity index (χ4v) is 3.13. The van der Waals surface area contributed by atoms with Crippen LogP contribution in [0.2, 0.25) is 0 Å². The molecule has 7 nitrogen and oxygen atoms in total. The minimum Gasteiger partial charge on any atom is -0.497 e. The summed E-state index contributed by atoms with van der Waals surface area (Å²) in [7, 11) is 2.98. The molecule has 0 aliphatic rings. The molecule has 0 spiro atoms. The molecule has 0 saturated carbocycles. The second-order valence-corrected chi connectivity index (χ2v) is 6.32. The lowest BCUT2D eigenvalue weighted by Crippen LogP contribution is -2.11. The minimum absolute atomic E-state index is 0.352. The molecule has 2 N–H and O–H groups in total. The molecule has 1 heterocycles. The SMILES string of the molecule is COC(=O)c1ccc(CSc2nnc(-c3ccc(OC)cc3)n2N)cc1. The molecule has 134 valence electrons. The summed E-state index contributed by atoms with van der Waals surface area (Å²) in [5.41, 5.74) is 2.41.